The molecule has 2 aromatic carbocycles. The Kier molecular flexibility index (Phi) is 8.51. The summed E-state index contributed by atoms with van der Waals surface area (Å²) in [4.78, 5) is 25.7. The third-order valence-electron chi connectivity index (χ3n) is 5.28. The molecule has 2 aromatic rings. The molecule has 14 heteroatoms. The SMILES string of the molecule is CS(=O)(=O)COc1ccc(C(N)=O)c(O[C@@H]2CCN(C(=O)Cc3ccc(OC(F)(F)F)cc3)C[C@H]2F)c1. The van der Waals surface area contributed by atoms with Gasteiger partial charge in [0.15, 0.2) is 21.9 Å². The summed E-state index contributed by atoms with van der Waals surface area (Å²) in [6.45, 7) is -0.190. The summed E-state index contributed by atoms with van der Waals surface area (Å²) in [7, 11) is -3.45. The van der Waals surface area contributed by atoms with Crippen LogP contribution < -0.4 is 19.9 Å². The first-order valence-electron chi connectivity index (χ1n) is 10.9. The Balaban J connectivity index is 1.61. The van der Waals surface area contributed by atoms with E-state index in [2.05, 4.69) is 4.74 Å². The van der Waals surface area contributed by atoms with Crippen LogP contribution in [0.1, 0.15) is 22.3 Å². The predicted molar refractivity (Wildman–Crippen MR) is 123 cm³/mol. The van der Waals surface area contributed by atoms with E-state index in [1.54, 1.807) is 0 Å². The number of hydrogen-bond acceptors (Lipinski definition) is 7. The zero-order valence-electron chi connectivity index (χ0n) is 19.5. The fourth-order valence-corrected chi connectivity index (χ4v) is 3.92. The third-order valence-corrected chi connectivity index (χ3v) is 5.83. The highest BCUT2D eigenvalue weighted by molar-refractivity contribution is 7.90. The van der Waals surface area contributed by atoms with Gasteiger partial charge in [0.2, 0.25) is 5.91 Å². The Hall–Kier alpha value is -3.55. The summed E-state index contributed by atoms with van der Waals surface area (Å²) in [6.07, 6.45) is -6.62. The van der Waals surface area contributed by atoms with Gasteiger partial charge in [-0.15, -0.1) is 13.2 Å². The number of rotatable bonds is 9. The molecule has 0 unspecified atom stereocenters. The summed E-state index contributed by atoms with van der Waals surface area (Å²) in [6, 6.07) is 8.62. The first kappa shape index (κ1) is 28.0. The van der Waals surface area contributed by atoms with Crippen LogP contribution in [-0.4, -0.2) is 69.1 Å². The van der Waals surface area contributed by atoms with Crippen molar-refractivity contribution >= 4 is 21.7 Å². The molecule has 3 rings (SSSR count). The molecule has 9 nitrogen and oxygen atoms in total. The van der Waals surface area contributed by atoms with E-state index in [4.69, 9.17) is 15.2 Å². The lowest BCUT2D eigenvalue weighted by Gasteiger charge is -2.35. The second-order valence-corrected chi connectivity index (χ2v) is 10.5. The largest absolute Gasteiger partial charge is 0.573 e. The van der Waals surface area contributed by atoms with Crippen molar-refractivity contribution in [1.82, 2.24) is 4.90 Å². The maximum atomic E-state index is 15.0. The molecule has 0 spiro atoms. The summed E-state index contributed by atoms with van der Waals surface area (Å²) in [5, 5.41) is 0. The number of piperidine rings is 1. The maximum absolute atomic E-state index is 15.0. The topological polar surface area (TPSA) is 125 Å². The van der Waals surface area contributed by atoms with E-state index in [9.17, 15) is 35.6 Å². The molecule has 0 aromatic heterocycles. The van der Waals surface area contributed by atoms with Crippen LogP contribution in [0.15, 0.2) is 42.5 Å². The molecular formula is C23H24F4N2O7S. The van der Waals surface area contributed by atoms with Crippen molar-refractivity contribution in [2.45, 2.75) is 31.5 Å². The predicted octanol–water partition coefficient (Wildman–Crippen LogP) is 2.63. The number of amides is 2. The summed E-state index contributed by atoms with van der Waals surface area (Å²) in [5.74, 6) is -2.34. The second kappa shape index (κ2) is 11.2. The van der Waals surface area contributed by atoms with Gasteiger partial charge in [-0.05, 0) is 29.8 Å². The number of hydrogen-bond donors (Lipinski definition) is 1. The molecule has 0 aliphatic carbocycles. The Labute approximate surface area is 210 Å². The van der Waals surface area contributed by atoms with E-state index in [-0.39, 0.29) is 43.0 Å². The van der Waals surface area contributed by atoms with Gasteiger partial charge >= 0.3 is 6.36 Å². The number of carbonyl (C=O) groups excluding carboxylic acids is 2. The van der Waals surface area contributed by atoms with E-state index < -0.39 is 52.0 Å². The number of likely N-dealkylation sites (tertiary alicyclic amines) is 1. The maximum Gasteiger partial charge on any atom is 0.573 e. The first-order valence-corrected chi connectivity index (χ1v) is 12.9. The number of halogens is 4. The fraction of sp³-hybridized carbons (Fsp3) is 0.391. The van der Waals surface area contributed by atoms with Crippen LogP contribution in [0.5, 0.6) is 17.2 Å². The van der Waals surface area contributed by atoms with E-state index in [1.165, 1.54) is 35.2 Å². The minimum Gasteiger partial charge on any atom is -0.486 e. The van der Waals surface area contributed by atoms with Gasteiger partial charge in [-0.2, -0.15) is 0 Å². The van der Waals surface area contributed by atoms with Crippen LogP contribution in [0.2, 0.25) is 0 Å². The van der Waals surface area contributed by atoms with Crippen molar-refractivity contribution in [2.24, 2.45) is 5.73 Å². The molecule has 0 radical (unpaired) electrons. The van der Waals surface area contributed by atoms with Crippen LogP contribution in [0.25, 0.3) is 0 Å². The van der Waals surface area contributed by atoms with Gasteiger partial charge in [0.1, 0.15) is 23.4 Å². The Morgan fingerprint density at radius 3 is 2.32 bits per heavy atom. The molecule has 37 heavy (non-hydrogen) atoms. The van der Waals surface area contributed by atoms with E-state index in [0.29, 0.717) is 5.56 Å². The quantitative estimate of drug-likeness (QED) is 0.478. The molecule has 1 aliphatic heterocycles. The molecule has 2 amide bonds. The van der Waals surface area contributed by atoms with Crippen molar-refractivity contribution in [2.75, 3.05) is 25.3 Å². The van der Waals surface area contributed by atoms with Gasteiger partial charge in [-0.25, -0.2) is 12.8 Å². The number of benzene rings is 2. The summed E-state index contributed by atoms with van der Waals surface area (Å²) >= 11 is 0. The molecule has 2 N–H and O–H groups in total. The van der Waals surface area contributed by atoms with Crippen LogP contribution in [0.3, 0.4) is 0 Å². The van der Waals surface area contributed by atoms with Crippen molar-refractivity contribution in [3.05, 3.63) is 53.6 Å². The van der Waals surface area contributed by atoms with Gasteiger partial charge in [-0.1, -0.05) is 12.1 Å². The van der Waals surface area contributed by atoms with Gasteiger partial charge < -0.3 is 24.8 Å². The lowest BCUT2D eigenvalue weighted by atomic mass is 10.0. The summed E-state index contributed by atoms with van der Waals surface area (Å²) in [5.41, 5.74) is 5.72. The molecule has 0 bridgehead atoms. The number of nitrogens with two attached hydrogens (primary N) is 1. The molecular weight excluding hydrogens is 524 g/mol. The average molecular weight is 549 g/mol. The zero-order valence-corrected chi connectivity index (χ0v) is 20.4. The normalized spacial score (nSPS) is 18.2. The number of nitrogens with zero attached hydrogens (tertiary/aromatic N) is 1. The highest BCUT2D eigenvalue weighted by Crippen LogP contribution is 2.29. The lowest BCUT2D eigenvalue weighted by molar-refractivity contribution is -0.274. The number of primary amides is 1. The van der Waals surface area contributed by atoms with Crippen molar-refractivity contribution < 1.29 is 49.8 Å². The van der Waals surface area contributed by atoms with Crippen molar-refractivity contribution in [3.63, 3.8) is 0 Å². The van der Waals surface area contributed by atoms with Gasteiger partial charge in [0, 0.05) is 25.3 Å². The zero-order chi connectivity index (χ0) is 27.4. The van der Waals surface area contributed by atoms with Gasteiger partial charge in [0.05, 0.1) is 18.5 Å². The van der Waals surface area contributed by atoms with Crippen molar-refractivity contribution in [1.29, 1.82) is 0 Å². The highest BCUT2D eigenvalue weighted by atomic mass is 32.2. The van der Waals surface area contributed by atoms with Gasteiger partial charge in [0.25, 0.3) is 5.91 Å². The smallest absolute Gasteiger partial charge is 0.486 e. The minimum atomic E-state index is -4.83. The molecule has 2 atom stereocenters. The number of alkyl halides is 4. The molecule has 0 saturated carbocycles. The van der Waals surface area contributed by atoms with Crippen LogP contribution in [-0.2, 0) is 21.1 Å². The Morgan fingerprint density at radius 1 is 1.11 bits per heavy atom. The minimum absolute atomic E-state index is 0.0599. The van der Waals surface area contributed by atoms with Crippen LogP contribution in [0, 0.1) is 0 Å². The third kappa shape index (κ3) is 8.51. The molecule has 1 aliphatic rings. The van der Waals surface area contributed by atoms with Crippen LogP contribution >= 0.6 is 0 Å². The van der Waals surface area contributed by atoms with Gasteiger partial charge in [-0.3, -0.25) is 9.59 Å². The average Bonchev–Trinajstić information content (AvgIpc) is 2.79. The standard InChI is InChI=1S/C23H24F4N2O7S/c1-37(32,33)13-34-16-6-7-17(22(28)31)20(11-16)35-19-8-9-29(12-18(19)24)21(30)10-14-2-4-15(5-3-14)36-23(25,26)27/h2-7,11,18-19H,8-10,12-13H2,1H3,(H2,28,31)/t18-,19-/m1/s1. The monoisotopic (exact) mass is 548 g/mol. The molecule has 202 valence electrons. The highest BCUT2D eigenvalue weighted by Gasteiger charge is 2.34. The molecule has 1 heterocycles. The Morgan fingerprint density at radius 2 is 1.76 bits per heavy atom. The Bertz CT molecular complexity index is 1240. The molecule has 1 fully saturated rings. The summed E-state index contributed by atoms with van der Waals surface area (Å²) < 4.78 is 89.1. The second-order valence-electron chi connectivity index (χ2n) is 8.38. The van der Waals surface area contributed by atoms with E-state index >= 15 is 0 Å². The number of ether oxygens (including phenoxy) is 3. The first-order chi connectivity index (χ1) is 17.2. The van der Waals surface area contributed by atoms with E-state index in [1.807, 2.05) is 0 Å². The van der Waals surface area contributed by atoms with Crippen LogP contribution in [0.4, 0.5) is 17.6 Å². The molecule has 1 saturated heterocycles. The lowest BCUT2D eigenvalue weighted by Crippen LogP contribution is -2.49. The van der Waals surface area contributed by atoms with Crippen molar-refractivity contribution in [3.8, 4) is 17.2 Å². The fourth-order valence-electron chi connectivity index (χ4n) is 3.57. The number of carbonyl (C=O) groups is 2. The number of sulfone groups is 1. The van der Waals surface area contributed by atoms with E-state index in [0.717, 1.165) is 18.4 Å².